The summed E-state index contributed by atoms with van der Waals surface area (Å²) in [6.45, 7) is 1.05. The fraction of sp³-hybridized carbons (Fsp3) is 0.429. The Balaban J connectivity index is 0. The molecule has 0 N–H and O–H groups in total. The molecular weight excluding hydrogens is 203 g/mol. The third-order valence-electron chi connectivity index (χ3n) is 0.987. The second-order valence-corrected chi connectivity index (χ2v) is 1.91. The van der Waals surface area contributed by atoms with E-state index in [1.54, 1.807) is 0 Å². The number of ether oxygens (including phenoxy) is 3. The Labute approximate surface area is 103 Å². The molecule has 0 aliphatic heterocycles. The summed E-state index contributed by atoms with van der Waals surface area (Å²) < 4.78 is 12.6. The number of hydrogen-bond donors (Lipinski definition) is 0. The molecule has 0 aromatic rings. The molecule has 0 saturated carbocycles. The Hall–Kier alpha value is -0.720. The molecule has 0 heterocycles. The van der Waals surface area contributed by atoms with Gasteiger partial charge in [-0.2, -0.15) is 0 Å². The maximum absolute atomic E-state index is 10.8. The molecule has 0 atom stereocenters. The van der Waals surface area contributed by atoms with Crippen LogP contribution in [0.15, 0.2) is 11.7 Å². The summed E-state index contributed by atoms with van der Waals surface area (Å²) in [4.78, 5) is 21.2. The molecule has 7 heteroatoms. The van der Waals surface area contributed by atoms with Crippen molar-refractivity contribution in [3.05, 3.63) is 11.7 Å². The molecule has 0 spiro atoms. The summed E-state index contributed by atoms with van der Waals surface area (Å²) in [5.74, 6) is -3.69. The Kier molecular flexibility index (Phi) is 8.61. The third kappa shape index (κ3) is 5.11. The fourth-order valence-corrected chi connectivity index (χ4v) is 0.496. The summed E-state index contributed by atoms with van der Waals surface area (Å²) in [6, 6.07) is 0. The molecule has 74 valence electrons. The van der Waals surface area contributed by atoms with Crippen LogP contribution in [0.1, 0.15) is 6.92 Å². The second kappa shape index (κ2) is 7.66. The van der Waals surface area contributed by atoms with Crippen molar-refractivity contribution in [2.45, 2.75) is 6.92 Å². The van der Waals surface area contributed by atoms with Crippen molar-refractivity contribution in [3.8, 4) is 0 Å². The maximum atomic E-state index is 10.8. The van der Waals surface area contributed by atoms with Gasteiger partial charge in [-0.3, -0.25) is 4.79 Å². The van der Waals surface area contributed by atoms with Crippen molar-refractivity contribution >= 4 is 11.9 Å². The maximum Gasteiger partial charge on any atom is 1.00 e. The predicted molar refractivity (Wildman–Crippen MR) is 37.8 cm³/mol. The Bertz CT molecular complexity index is 247. The minimum atomic E-state index is -1.05. The first-order chi connectivity index (χ1) is 6.02. The molecular formula is C7H9NaO6. The normalized spacial score (nSPS) is 10.5. The van der Waals surface area contributed by atoms with E-state index in [9.17, 15) is 14.7 Å². The zero-order valence-electron chi connectivity index (χ0n) is 8.45. The van der Waals surface area contributed by atoms with Gasteiger partial charge in [-0.25, -0.2) is 4.79 Å². The summed E-state index contributed by atoms with van der Waals surface area (Å²) >= 11 is 0. The van der Waals surface area contributed by atoms with Crippen LogP contribution in [0, 0.1) is 0 Å². The van der Waals surface area contributed by atoms with E-state index in [0.717, 1.165) is 21.1 Å². The van der Waals surface area contributed by atoms with Crippen molar-refractivity contribution in [2.75, 3.05) is 14.2 Å². The molecule has 14 heavy (non-hydrogen) atoms. The molecule has 0 aliphatic rings. The van der Waals surface area contributed by atoms with Gasteiger partial charge in [-0.1, -0.05) is 0 Å². The predicted octanol–water partition coefficient (Wildman–Crippen LogP) is -4.10. The van der Waals surface area contributed by atoms with E-state index in [1.165, 1.54) is 0 Å². The molecule has 0 bridgehead atoms. The number of carbonyl (C=O) groups excluding carboxylic acids is 2. The number of rotatable bonds is 3. The standard InChI is InChI=1S/C7H10O6.Na/c1-4(8)13-5(6(9)11-2)7(10)12-3;/h9H,1-3H3;/q;+1/p-1. The van der Waals surface area contributed by atoms with Gasteiger partial charge in [0.2, 0.25) is 5.76 Å². The third-order valence-corrected chi connectivity index (χ3v) is 0.987. The van der Waals surface area contributed by atoms with Gasteiger partial charge in [0.05, 0.1) is 7.11 Å². The van der Waals surface area contributed by atoms with E-state index >= 15 is 0 Å². The summed E-state index contributed by atoms with van der Waals surface area (Å²) in [6.07, 6.45) is 0. The van der Waals surface area contributed by atoms with Gasteiger partial charge in [0.25, 0.3) is 0 Å². The molecule has 6 nitrogen and oxygen atoms in total. The zero-order chi connectivity index (χ0) is 10.4. The average molecular weight is 212 g/mol. The van der Waals surface area contributed by atoms with Crippen molar-refractivity contribution < 1.29 is 58.5 Å². The van der Waals surface area contributed by atoms with Gasteiger partial charge in [-0.05, 0) is 7.11 Å². The van der Waals surface area contributed by atoms with E-state index in [-0.39, 0.29) is 29.6 Å². The quantitative estimate of drug-likeness (QED) is 0.204. The topological polar surface area (TPSA) is 84.9 Å². The number of carbonyl (C=O) groups is 2. The molecule has 0 saturated heterocycles. The first-order valence-corrected chi connectivity index (χ1v) is 3.25. The van der Waals surface area contributed by atoms with Crippen LogP contribution in [-0.2, 0) is 23.8 Å². The minimum Gasteiger partial charge on any atom is -0.614 e. The monoisotopic (exact) mass is 212 g/mol. The van der Waals surface area contributed by atoms with Crippen LogP contribution in [-0.4, -0.2) is 26.2 Å². The van der Waals surface area contributed by atoms with Crippen LogP contribution in [0.3, 0.4) is 0 Å². The molecule has 0 unspecified atom stereocenters. The van der Waals surface area contributed by atoms with Gasteiger partial charge < -0.3 is 19.3 Å². The summed E-state index contributed by atoms with van der Waals surface area (Å²) in [5.41, 5.74) is 0. The van der Waals surface area contributed by atoms with E-state index in [4.69, 9.17) is 0 Å². The van der Waals surface area contributed by atoms with Crippen LogP contribution < -0.4 is 34.7 Å². The van der Waals surface area contributed by atoms with Crippen molar-refractivity contribution in [1.29, 1.82) is 0 Å². The van der Waals surface area contributed by atoms with Crippen LogP contribution in [0.5, 0.6) is 0 Å². The van der Waals surface area contributed by atoms with Gasteiger partial charge in [-0.15, -0.1) is 0 Å². The van der Waals surface area contributed by atoms with E-state index < -0.39 is 23.6 Å². The van der Waals surface area contributed by atoms with Gasteiger partial charge in [0.1, 0.15) is 5.95 Å². The first kappa shape index (κ1) is 15.7. The summed E-state index contributed by atoms with van der Waals surface area (Å²) in [5, 5.41) is 10.8. The van der Waals surface area contributed by atoms with Crippen molar-refractivity contribution in [3.63, 3.8) is 0 Å². The van der Waals surface area contributed by atoms with Gasteiger partial charge in [0, 0.05) is 6.92 Å². The van der Waals surface area contributed by atoms with E-state index in [2.05, 4.69) is 14.2 Å². The number of hydrogen-bond acceptors (Lipinski definition) is 6. The van der Waals surface area contributed by atoms with Gasteiger partial charge in [0.15, 0.2) is 0 Å². The largest absolute Gasteiger partial charge is 1.00 e. The molecule has 0 aliphatic carbocycles. The van der Waals surface area contributed by atoms with E-state index in [1.807, 2.05) is 0 Å². The average Bonchev–Trinajstić information content (AvgIpc) is 2.11. The van der Waals surface area contributed by atoms with Crippen LogP contribution in [0.4, 0.5) is 0 Å². The number of methoxy groups -OCH3 is 2. The summed E-state index contributed by atoms with van der Waals surface area (Å²) in [7, 11) is 2.10. The molecule has 0 aromatic carbocycles. The first-order valence-electron chi connectivity index (χ1n) is 3.25. The van der Waals surface area contributed by atoms with Gasteiger partial charge >= 0.3 is 41.5 Å². The molecule has 0 fully saturated rings. The van der Waals surface area contributed by atoms with Crippen molar-refractivity contribution in [1.82, 2.24) is 0 Å². The van der Waals surface area contributed by atoms with E-state index in [0.29, 0.717) is 0 Å². The van der Waals surface area contributed by atoms with Crippen molar-refractivity contribution in [2.24, 2.45) is 0 Å². The smallest absolute Gasteiger partial charge is 0.614 e. The van der Waals surface area contributed by atoms with Crippen LogP contribution >= 0.6 is 0 Å². The SMILES string of the molecule is COC(=O)C(OC(C)=O)=C([O-])OC.[Na+]. The minimum absolute atomic E-state index is 0. The Morgan fingerprint density at radius 2 is 1.64 bits per heavy atom. The molecule has 0 radical (unpaired) electrons. The molecule has 0 aromatic heterocycles. The Morgan fingerprint density at radius 3 is 1.93 bits per heavy atom. The van der Waals surface area contributed by atoms with Crippen LogP contribution in [0.2, 0.25) is 0 Å². The van der Waals surface area contributed by atoms with Crippen LogP contribution in [0.25, 0.3) is 0 Å². The molecule has 0 rings (SSSR count). The molecule has 0 amide bonds. The number of esters is 2. The zero-order valence-corrected chi connectivity index (χ0v) is 10.4. The Morgan fingerprint density at radius 1 is 1.14 bits per heavy atom. The fourth-order valence-electron chi connectivity index (χ4n) is 0.496. The second-order valence-electron chi connectivity index (χ2n) is 1.91.